The molecule has 3 heterocycles. The Hall–Kier alpha value is -7.21. The minimum atomic E-state index is 0.624. The number of hydrogen-bond donors (Lipinski definition) is 0. The van der Waals surface area contributed by atoms with Gasteiger partial charge in [-0.1, -0.05) is 164 Å². The number of benzene rings is 8. The highest BCUT2D eigenvalue weighted by Gasteiger charge is 2.18. The van der Waals surface area contributed by atoms with Crippen molar-refractivity contribution in [3.05, 3.63) is 188 Å². The lowest BCUT2D eigenvalue weighted by molar-refractivity contribution is 0.670. The summed E-state index contributed by atoms with van der Waals surface area (Å²) in [6.07, 6.45) is 0. The molecule has 8 aromatic carbocycles. The third-order valence-corrected chi connectivity index (χ3v) is 11.7. The van der Waals surface area contributed by atoms with Gasteiger partial charge < -0.3 is 4.42 Å². The van der Waals surface area contributed by atoms with Gasteiger partial charge in [-0.2, -0.15) is 0 Å². The van der Waals surface area contributed by atoms with Gasteiger partial charge in [0.2, 0.25) is 0 Å². The summed E-state index contributed by atoms with van der Waals surface area (Å²) in [5.41, 5.74) is 11.4. The molecule has 0 aliphatic rings. The number of para-hydroxylation sites is 1. The van der Waals surface area contributed by atoms with Crippen molar-refractivity contribution in [2.75, 3.05) is 0 Å². The average Bonchev–Trinajstić information content (AvgIpc) is 3.85. The van der Waals surface area contributed by atoms with Gasteiger partial charge in [-0.05, 0) is 52.1 Å². The second-order valence-corrected chi connectivity index (χ2v) is 15.1. The van der Waals surface area contributed by atoms with Crippen molar-refractivity contribution in [2.24, 2.45) is 0 Å². The minimum absolute atomic E-state index is 0.624. The Labute approximate surface area is 327 Å². The molecule has 5 heteroatoms. The fourth-order valence-electron chi connectivity index (χ4n) is 7.83. The summed E-state index contributed by atoms with van der Waals surface area (Å²) in [5.74, 6) is 1.90. The molecular formula is C51H31N3OS. The van der Waals surface area contributed by atoms with E-state index < -0.39 is 0 Å². The van der Waals surface area contributed by atoms with Crippen molar-refractivity contribution >= 4 is 53.4 Å². The molecular weight excluding hydrogens is 703 g/mol. The SMILES string of the molecule is c1ccc(-c2ccc3c(c2)sc2cc(-c4cccc5c4oc4cccc(-c6cccc(-c7nc(-c8ccccc8)nc(-c8ccccc8)n7)c6)c45)ccc23)cc1. The second-order valence-electron chi connectivity index (χ2n) is 14.0. The van der Waals surface area contributed by atoms with Crippen molar-refractivity contribution in [2.45, 2.75) is 0 Å². The molecule has 0 atom stereocenters. The van der Waals surface area contributed by atoms with E-state index in [-0.39, 0.29) is 0 Å². The molecule has 0 unspecified atom stereocenters. The molecule has 0 saturated carbocycles. The predicted molar refractivity (Wildman–Crippen MR) is 233 cm³/mol. The maximum atomic E-state index is 6.75. The van der Waals surface area contributed by atoms with Crippen LogP contribution in [0.1, 0.15) is 0 Å². The molecule has 0 aliphatic carbocycles. The number of fused-ring (bicyclic) bond motifs is 6. The van der Waals surface area contributed by atoms with E-state index in [9.17, 15) is 0 Å². The third-order valence-electron chi connectivity index (χ3n) is 10.5. The molecule has 0 N–H and O–H groups in total. The number of thiophene rings is 1. The van der Waals surface area contributed by atoms with Crippen LogP contribution in [-0.2, 0) is 0 Å². The van der Waals surface area contributed by atoms with Crippen LogP contribution in [0.25, 0.3) is 110 Å². The van der Waals surface area contributed by atoms with Gasteiger partial charge in [-0.25, -0.2) is 15.0 Å². The lowest BCUT2D eigenvalue weighted by atomic mass is 9.96. The lowest BCUT2D eigenvalue weighted by Crippen LogP contribution is -2.00. The fraction of sp³-hybridized carbons (Fsp3) is 0. The van der Waals surface area contributed by atoms with Crippen molar-refractivity contribution in [3.63, 3.8) is 0 Å². The summed E-state index contributed by atoms with van der Waals surface area (Å²) in [5, 5.41) is 4.73. The summed E-state index contributed by atoms with van der Waals surface area (Å²) < 4.78 is 9.30. The molecule has 11 aromatic rings. The van der Waals surface area contributed by atoms with Gasteiger partial charge in [-0.3, -0.25) is 0 Å². The zero-order valence-electron chi connectivity index (χ0n) is 30.1. The Morgan fingerprint density at radius 1 is 0.339 bits per heavy atom. The van der Waals surface area contributed by atoms with Crippen LogP contribution >= 0.6 is 11.3 Å². The minimum Gasteiger partial charge on any atom is -0.455 e. The number of hydrogen-bond acceptors (Lipinski definition) is 5. The number of rotatable bonds is 6. The maximum Gasteiger partial charge on any atom is 0.164 e. The van der Waals surface area contributed by atoms with Crippen LogP contribution in [-0.4, -0.2) is 15.0 Å². The van der Waals surface area contributed by atoms with Crippen LogP contribution < -0.4 is 0 Å². The zero-order chi connectivity index (χ0) is 37.0. The highest BCUT2D eigenvalue weighted by atomic mass is 32.1. The lowest BCUT2D eigenvalue weighted by Gasteiger charge is -2.10. The van der Waals surface area contributed by atoms with E-state index in [1.807, 2.05) is 72.0 Å². The summed E-state index contributed by atoms with van der Waals surface area (Å²) in [6, 6.07) is 65.6. The zero-order valence-corrected chi connectivity index (χ0v) is 30.9. The highest BCUT2D eigenvalue weighted by Crippen LogP contribution is 2.43. The second kappa shape index (κ2) is 13.3. The molecule has 11 rings (SSSR count). The molecule has 0 spiro atoms. The molecule has 0 amide bonds. The molecule has 0 fully saturated rings. The molecule has 0 bridgehead atoms. The first-order valence-corrected chi connectivity index (χ1v) is 19.5. The molecule has 0 saturated heterocycles. The van der Waals surface area contributed by atoms with E-state index in [1.54, 1.807) is 0 Å². The van der Waals surface area contributed by atoms with Crippen molar-refractivity contribution in [3.8, 4) is 67.5 Å². The summed E-state index contributed by atoms with van der Waals surface area (Å²) >= 11 is 1.84. The standard InChI is InChI=1S/C51H31N3OS/c1-4-13-32(14-5-1)35-25-27-41-42-28-26-37(31-46(42)56-45(41)30-35)40-22-11-23-43-47-39(21-12-24-44(47)55-48(40)43)36-19-10-20-38(29-36)51-53-49(33-15-6-2-7-16-33)52-50(54-51)34-17-8-3-9-18-34/h1-31H. The quantitative estimate of drug-likeness (QED) is 0.171. The summed E-state index contributed by atoms with van der Waals surface area (Å²) in [6.45, 7) is 0. The van der Waals surface area contributed by atoms with Gasteiger partial charge in [0, 0.05) is 53.2 Å². The van der Waals surface area contributed by atoms with Crippen LogP contribution in [0.3, 0.4) is 0 Å². The Balaban J connectivity index is 1.01. The normalized spacial score (nSPS) is 11.6. The van der Waals surface area contributed by atoms with E-state index in [4.69, 9.17) is 19.4 Å². The Bertz CT molecular complexity index is 3180. The molecule has 0 radical (unpaired) electrons. The molecule has 262 valence electrons. The topological polar surface area (TPSA) is 51.8 Å². The maximum absolute atomic E-state index is 6.75. The van der Waals surface area contributed by atoms with Crippen LogP contribution in [0, 0.1) is 0 Å². The van der Waals surface area contributed by atoms with Gasteiger partial charge in [0.1, 0.15) is 11.2 Å². The predicted octanol–water partition coefficient (Wildman–Crippen LogP) is 14.1. The van der Waals surface area contributed by atoms with Gasteiger partial charge in [0.15, 0.2) is 17.5 Å². The third kappa shape index (κ3) is 5.56. The van der Waals surface area contributed by atoms with Gasteiger partial charge in [0.05, 0.1) is 0 Å². The fourth-order valence-corrected chi connectivity index (χ4v) is 9.02. The van der Waals surface area contributed by atoms with Gasteiger partial charge in [-0.15, -0.1) is 11.3 Å². The van der Waals surface area contributed by atoms with E-state index in [0.717, 1.165) is 60.9 Å². The van der Waals surface area contributed by atoms with E-state index in [2.05, 4.69) is 127 Å². The van der Waals surface area contributed by atoms with Crippen molar-refractivity contribution in [1.82, 2.24) is 15.0 Å². The van der Waals surface area contributed by atoms with E-state index >= 15 is 0 Å². The Kier molecular flexibility index (Phi) is 7.64. The van der Waals surface area contributed by atoms with Crippen molar-refractivity contribution in [1.29, 1.82) is 0 Å². The summed E-state index contributed by atoms with van der Waals surface area (Å²) in [4.78, 5) is 14.9. The van der Waals surface area contributed by atoms with E-state index in [0.29, 0.717) is 17.5 Å². The van der Waals surface area contributed by atoms with Crippen LogP contribution in [0.2, 0.25) is 0 Å². The highest BCUT2D eigenvalue weighted by molar-refractivity contribution is 7.25. The summed E-state index contributed by atoms with van der Waals surface area (Å²) in [7, 11) is 0. The molecule has 3 aromatic heterocycles. The first kappa shape index (κ1) is 32.2. The molecule has 0 aliphatic heterocycles. The van der Waals surface area contributed by atoms with Gasteiger partial charge >= 0.3 is 0 Å². The van der Waals surface area contributed by atoms with Crippen LogP contribution in [0.4, 0.5) is 0 Å². The van der Waals surface area contributed by atoms with Crippen LogP contribution in [0.15, 0.2) is 192 Å². The first-order valence-electron chi connectivity index (χ1n) is 18.7. The van der Waals surface area contributed by atoms with Gasteiger partial charge in [0.25, 0.3) is 0 Å². The largest absolute Gasteiger partial charge is 0.455 e. The van der Waals surface area contributed by atoms with Crippen molar-refractivity contribution < 1.29 is 4.42 Å². The van der Waals surface area contributed by atoms with E-state index in [1.165, 1.54) is 31.3 Å². The number of aromatic nitrogens is 3. The number of nitrogens with zero attached hydrogens (tertiary/aromatic N) is 3. The van der Waals surface area contributed by atoms with Crippen LogP contribution in [0.5, 0.6) is 0 Å². The Morgan fingerprint density at radius 3 is 1.52 bits per heavy atom. The average molecular weight is 734 g/mol. The number of furan rings is 1. The molecule has 56 heavy (non-hydrogen) atoms. The smallest absolute Gasteiger partial charge is 0.164 e. The Morgan fingerprint density at radius 2 is 0.839 bits per heavy atom. The first-order chi connectivity index (χ1) is 27.7. The molecule has 4 nitrogen and oxygen atoms in total. The monoisotopic (exact) mass is 733 g/mol.